The molecule has 446 valence electrons. The minimum atomic E-state index is -1.52. The summed E-state index contributed by atoms with van der Waals surface area (Å²) in [6.07, 6.45) is 74.5. The Bertz CT molecular complexity index is 1490. The Kier molecular flexibility index (Phi) is 56.4. The van der Waals surface area contributed by atoms with E-state index in [0.29, 0.717) is 23.9 Å². The van der Waals surface area contributed by atoms with Gasteiger partial charge in [0.15, 0.2) is 6.10 Å². The summed E-state index contributed by atoms with van der Waals surface area (Å²) in [6, 6.07) is 0. The second-order valence-corrected chi connectivity index (χ2v) is 22.7. The zero-order valence-electron chi connectivity index (χ0n) is 50.9. The third-order valence-electron chi connectivity index (χ3n) is 13.9. The van der Waals surface area contributed by atoms with Gasteiger partial charge in [-0.25, -0.2) is 4.79 Å². The summed E-state index contributed by atoms with van der Waals surface area (Å²) in [5.41, 5.74) is 0. The number of hydrogen-bond acceptors (Lipinski definition) is 7. The molecule has 9 nitrogen and oxygen atoms in total. The van der Waals surface area contributed by atoms with Gasteiger partial charge in [-0.3, -0.25) is 9.59 Å². The van der Waals surface area contributed by atoms with Crippen LogP contribution in [-0.4, -0.2) is 87.4 Å². The predicted molar refractivity (Wildman–Crippen MR) is 327 cm³/mol. The number of allylic oxidation sites excluding steroid dienone is 12. The molecule has 0 saturated carbocycles. The van der Waals surface area contributed by atoms with Crippen LogP contribution in [0.1, 0.15) is 284 Å². The molecule has 0 bridgehead atoms. The van der Waals surface area contributed by atoms with Crippen LogP contribution in [0.4, 0.5) is 0 Å². The molecule has 0 amide bonds. The number of rotatable bonds is 59. The van der Waals surface area contributed by atoms with Crippen molar-refractivity contribution in [3.05, 3.63) is 72.9 Å². The van der Waals surface area contributed by atoms with Crippen molar-refractivity contribution in [1.29, 1.82) is 0 Å². The molecule has 9 heteroatoms. The number of ether oxygens (including phenoxy) is 4. The number of esters is 2. The molecule has 0 rings (SSSR count). The molecule has 0 aromatic carbocycles. The van der Waals surface area contributed by atoms with Crippen LogP contribution in [0.2, 0.25) is 0 Å². The Morgan fingerprint density at radius 2 is 0.740 bits per heavy atom. The quantitative estimate of drug-likeness (QED) is 0.0211. The van der Waals surface area contributed by atoms with Gasteiger partial charge in [-0.2, -0.15) is 0 Å². The second-order valence-electron chi connectivity index (χ2n) is 22.7. The van der Waals surface area contributed by atoms with E-state index in [1.165, 1.54) is 173 Å². The first kappa shape index (κ1) is 73.7. The summed E-state index contributed by atoms with van der Waals surface area (Å²) in [4.78, 5) is 37.4. The molecule has 0 aromatic heterocycles. The maximum atomic E-state index is 12.9. The number of quaternary nitrogens is 1. The van der Waals surface area contributed by atoms with E-state index >= 15 is 0 Å². The largest absolute Gasteiger partial charge is 0.477 e. The van der Waals surface area contributed by atoms with Crippen LogP contribution in [0.3, 0.4) is 0 Å². The maximum absolute atomic E-state index is 12.9. The first-order valence-electron chi connectivity index (χ1n) is 32.1. The fourth-order valence-electron chi connectivity index (χ4n) is 9.04. The number of carbonyl (C=O) groups is 3. The lowest BCUT2D eigenvalue weighted by Gasteiger charge is -2.25. The highest BCUT2D eigenvalue weighted by Crippen LogP contribution is 2.17. The molecule has 0 fully saturated rings. The highest BCUT2D eigenvalue weighted by molar-refractivity contribution is 5.71. The summed E-state index contributed by atoms with van der Waals surface area (Å²) >= 11 is 0. The molecule has 0 radical (unpaired) electrons. The van der Waals surface area contributed by atoms with Gasteiger partial charge in [-0.05, 0) is 83.5 Å². The van der Waals surface area contributed by atoms with Crippen LogP contribution in [0.15, 0.2) is 72.9 Å². The van der Waals surface area contributed by atoms with Crippen molar-refractivity contribution in [2.24, 2.45) is 0 Å². The van der Waals surface area contributed by atoms with Crippen LogP contribution in [0.25, 0.3) is 0 Å². The van der Waals surface area contributed by atoms with Gasteiger partial charge in [0.1, 0.15) is 13.2 Å². The number of likely N-dealkylation sites (N-methyl/N-ethyl adjacent to an activating group) is 1. The normalized spacial score (nSPS) is 13.2. The van der Waals surface area contributed by atoms with Crippen LogP contribution < -0.4 is 0 Å². The Balaban J connectivity index is 4.04. The van der Waals surface area contributed by atoms with Gasteiger partial charge in [-0.15, -0.1) is 0 Å². The van der Waals surface area contributed by atoms with E-state index in [-0.39, 0.29) is 32.2 Å². The summed E-state index contributed by atoms with van der Waals surface area (Å²) < 4.78 is 22.9. The summed E-state index contributed by atoms with van der Waals surface area (Å²) in [7, 11) is 5.96. The number of nitrogens with zero attached hydrogens (tertiary/aromatic N) is 1. The Labute approximate surface area is 475 Å². The lowest BCUT2D eigenvalue weighted by atomic mass is 10.0. The molecule has 0 saturated heterocycles. The standard InChI is InChI=1S/C68H121NO8/c1-6-8-10-12-14-16-18-20-22-24-25-26-27-28-29-30-31-32-33-34-35-36-37-38-39-40-41-43-44-46-48-50-52-54-56-58-65(70)75-62-64(63-76-68(67(72)73)74-61-60-69(3,4)5)77-66(71)59-57-55-53-51-49-47-45-42-23-21-19-17-15-13-11-9-7-2/h9,11,15,17-18,20-21,23-25,45,47,64,68H,6-8,10,12-14,16,19,22,26-44,46,48-63H2,1-5H3/p+1/b11-9-,17-15-,20-18-,23-21-,25-24-,47-45-. The lowest BCUT2D eigenvalue weighted by molar-refractivity contribution is -0.870. The smallest absolute Gasteiger partial charge is 0.361 e. The molecule has 0 heterocycles. The second kappa shape index (κ2) is 58.9. The van der Waals surface area contributed by atoms with Gasteiger partial charge in [0.05, 0.1) is 34.4 Å². The van der Waals surface area contributed by atoms with Crippen LogP contribution in [0, 0.1) is 0 Å². The molecule has 0 spiro atoms. The van der Waals surface area contributed by atoms with E-state index < -0.39 is 24.3 Å². The average Bonchev–Trinajstić information content (AvgIpc) is 3.40. The van der Waals surface area contributed by atoms with Crippen molar-refractivity contribution in [3.63, 3.8) is 0 Å². The number of aliphatic carboxylic acids is 1. The number of carboxylic acids is 1. The van der Waals surface area contributed by atoms with Gasteiger partial charge in [-0.1, -0.05) is 260 Å². The molecule has 77 heavy (non-hydrogen) atoms. The maximum Gasteiger partial charge on any atom is 0.361 e. The summed E-state index contributed by atoms with van der Waals surface area (Å²) in [6.45, 7) is 4.74. The first-order chi connectivity index (χ1) is 37.6. The lowest BCUT2D eigenvalue weighted by Crippen LogP contribution is -2.40. The van der Waals surface area contributed by atoms with E-state index in [4.69, 9.17) is 18.9 Å². The highest BCUT2D eigenvalue weighted by Gasteiger charge is 2.25. The molecule has 1 N–H and O–H groups in total. The number of carboxylic acid groups (broad SMARTS) is 1. The van der Waals surface area contributed by atoms with Crippen LogP contribution in [0.5, 0.6) is 0 Å². The highest BCUT2D eigenvalue weighted by atomic mass is 16.7. The fourth-order valence-corrected chi connectivity index (χ4v) is 9.04. The molecular weight excluding hydrogens is 959 g/mol. The molecule has 2 atom stereocenters. The van der Waals surface area contributed by atoms with Crippen molar-refractivity contribution < 1.29 is 42.9 Å². The molecule has 0 aliphatic rings. The van der Waals surface area contributed by atoms with Crippen LogP contribution >= 0.6 is 0 Å². The fraction of sp³-hybridized carbons (Fsp3) is 0.779. The van der Waals surface area contributed by atoms with Gasteiger partial charge in [0.2, 0.25) is 0 Å². The molecule has 0 aliphatic carbocycles. The van der Waals surface area contributed by atoms with Gasteiger partial charge in [0.25, 0.3) is 6.29 Å². The number of hydrogen-bond donors (Lipinski definition) is 1. The Morgan fingerprint density at radius 3 is 1.10 bits per heavy atom. The number of carbonyl (C=O) groups excluding carboxylic acids is 2. The topological polar surface area (TPSA) is 108 Å². The minimum Gasteiger partial charge on any atom is -0.477 e. The van der Waals surface area contributed by atoms with Crippen molar-refractivity contribution >= 4 is 17.9 Å². The van der Waals surface area contributed by atoms with E-state index in [1.807, 2.05) is 21.1 Å². The zero-order chi connectivity index (χ0) is 56.2. The van der Waals surface area contributed by atoms with E-state index in [9.17, 15) is 19.5 Å². The minimum absolute atomic E-state index is 0.181. The van der Waals surface area contributed by atoms with Crippen LogP contribution in [-0.2, 0) is 33.3 Å². The number of unbranched alkanes of at least 4 members (excludes halogenated alkanes) is 32. The van der Waals surface area contributed by atoms with E-state index in [0.717, 1.165) is 77.0 Å². The third-order valence-corrected chi connectivity index (χ3v) is 13.9. The summed E-state index contributed by atoms with van der Waals surface area (Å²) in [5.74, 6) is -2.03. The van der Waals surface area contributed by atoms with Crippen molar-refractivity contribution in [2.75, 3.05) is 47.5 Å². The van der Waals surface area contributed by atoms with Gasteiger partial charge >= 0.3 is 17.9 Å². The molecular formula is C68H122NO8+. The summed E-state index contributed by atoms with van der Waals surface area (Å²) in [5, 5.41) is 9.71. The van der Waals surface area contributed by atoms with Crippen molar-refractivity contribution in [3.8, 4) is 0 Å². The zero-order valence-corrected chi connectivity index (χ0v) is 50.9. The Hall–Kier alpha value is -3.27. The Morgan fingerprint density at radius 1 is 0.403 bits per heavy atom. The molecule has 0 aromatic rings. The molecule has 0 aliphatic heterocycles. The van der Waals surface area contributed by atoms with Crippen molar-refractivity contribution in [1.82, 2.24) is 0 Å². The van der Waals surface area contributed by atoms with Crippen molar-refractivity contribution in [2.45, 2.75) is 296 Å². The van der Waals surface area contributed by atoms with E-state index in [1.54, 1.807) is 0 Å². The van der Waals surface area contributed by atoms with Gasteiger partial charge < -0.3 is 28.5 Å². The van der Waals surface area contributed by atoms with Gasteiger partial charge in [0, 0.05) is 12.8 Å². The third kappa shape index (κ3) is 60.2. The van der Waals surface area contributed by atoms with E-state index in [2.05, 4.69) is 86.8 Å². The molecule has 2 unspecified atom stereocenters. The average molecular weight is 1080 g/mol. The predicted octanol–water partition coefficient (Wildman–Crippen LogP) is 19.4. The SMILES string of the molecule is CC/C=C\C/C=C\C/C=C\C/C=C\CCCCCCC(=O)OC(COC(=O)CCCCCCCCCCCCCCCCCCCCCCCCC/C=C\C/C=C\CCCCCCC)COC(OCC[N+](C)(C)C)C(=O)O. The monoisotopic (exact) mass is 1080 g/mol. The first-order valence-corrected chi connectivity index (χ1v) is 32.1.